The van der Waals surface area contributed by atoms with E-state index < -0.39 is 23.7 Å². The van der Waals surface area contributed by atoms with E-state index in [-0.39, 0.29) is 31.0 Å². The maximum Gasteiger partial charge on any atom is 0.320 e. The predicted octanol–water partition coefficient (Wildman–Crippen LogP) is 3.83. The fourth-order valence-electron chi connectivity index (χ4n) is 3.12. The quantitative estimate of drug-likeness (QED) is 0.302. The third-order valence-electron chi connectivity index (χ3n) is 4.69. The Kier molecular flexibility index (Phi) is 7.91. The van der Waals surface area contributed by atoms with E-state index >= 15 is 0 Å². The maximum atomic E-state index is 14.3. The minimum absolute atomic E-state index is 0.0245. The van der Waals surface area contributed by atoms with E-state index in [0.29, 0.717) is 17.6 Å². The van der Waals surface area contributed by atoms with Crippen molar-refractivity contribution < 1.29 is 28.2 Å². The number of aliphatic hydroxyl groups is 1. The number of urea groups is 1. The van der Waals surface area contributed by atoms with Crippen LogP contribution in [0.4, 0.5) is 13.6 Å². The van der Waals surface area contributed by atoms with Crippen LogP contribution < -0.4 is 0 Å². The van der Waals surface area contributed by atoms with Crippen molar-refractivity contribution in [2.75, 3.05) is 26.7 Å². The van der Waals surface area contributed by atoms with Crippen LogP contribution in [-0.2, 0) is 9.53 Å². The molecule has 0 aliphatic carbocycles. The van der Waals surface area contributed by atoms with E-state index in [1.165, 1.54) is 22.0 Å². The number of hydrogen-bond acceptors (Lipinski definition) is 4. The molecule has 1 aromatic carbocycles. The number of aliphatic hydroxyl groups excluding tert-OH is 1. The van der Waals surface area contributed by atoms with Gasteiger partial charge in [0.1, 0.15) is 24.0 Å². The van der Waals surface area contributed by atoms with E-state index in [0.717, 1.165) is 18.2 Å². The zero-order chi connectivity index (χ0) is 22.3. The van der Waals surface area contributed by atoms with Gasteiger partial charge in [-0.2, -0.15) is 0 Å². The Labute approximate surface area is 174 Å². The van der Waals surface area contributed by atoms with Crippen molar-refractivity contribution in [1.82, 2.24) is 9.80 Å². The minimum atomic E-state index is -0.628. The van der Waals surface area contributed by atoms with Gasteiger partial charge >= 0.3 is 6.03 Å². The smallest absolute Gasteiger partial charge is 0.320 e. The van der Waals surface area contributed by atoms with Crippen LogP contribution in [-0.4, -0.2) is 60.2 Å². The first-order valence-electron chi connectivity index (χ1n) is 9.24. The summed E-state index contributed by atoms with van der Waals surface area (Å²) in [7, 11) is 1.54. The van der Waals surface area contributed by atoms with Gasteiger partial charge in [-0.25, -0.2) is 13.6 Å². The highest BCUT2D eigenvalue weighted by Crippen LogP contribution is 2.32. The number of amides is 2. The second kappa shape index (κ2) is 10.4. The average molecular weight is 418 g/mol. The lowest BCUT2D eigenvalue weighted by molar-refractivity contribution is -0.128. The molecule has 0 aromatic heterocycles. The van der Waals surface area contributed by atoms with Crippen LogP contribution in [0.2, 0.25) is 0 Å². The van der Waals surface area contributed by atoms with Gasteiger partial charge in [-0.1, -0.05) is 18.7 Å². The summed E-state index contributed by atoms with van der Waals surface area (Å²) in [4.78, 5) is 26.2. The van der Waals surface area contributed by atoms with Gasteiger partial charge in [-0.3, -0.25) is 4.79 Å². The average Bonchev–Trinajstić information content (AvgIpc) is 3.17. The molecule has 1 N–H and O–H groups in total. The molecule has 30 heavy (non-hydrogen) atoms. The molecule has 0 radical (unpaired) electrons. The Balaban J connectivity index is 2.42. The highest BCUT2D eigenvalue weighted by Gasteiger charge is 2.33. The number of halogens is 2. The number of carbonyl (C=O) groups excluding carboxylic acids is 2. The van der Waals surface area contributed by atoms with Crippen molar-refractivity contribution in [2.45, 2.75) is 13.0 Å². The van der Waals surface area contributed by atoms with Gasteiger partial charge in [-0.05, 0) is 48.4 Å². The van der Waals surface area contributed by atoms with E-state index in [9.17, 15) is 23.5 Å². The number of allylic oxidation sites excluding steroid dienone is 2. The second-order valence-corrected chi connectivity index (χ2v) is 6.62. The van der Waals surface area contributed by atoms with Crippen molar-refractivity contribution in [3.63, 3.8) is 0 Å². The van der Waals surface area contributed by atoms with Gasteiger partial charge < -0.3 is 19.6 Å². The monoisotopic (exact) mass is 418 g/mol. The molecular formula is C22H24F2N2O4. The molecule has 160 valence electrons. The largest absolute Gasteiger partial charge is 0.508 e. The van der Waals surface area contributed by atoms with Crippen molar-refractivity contribution in [1.29, 1.82) is 0 Å². The minimum Gasteiger partial charge on any atom is -0.508 e. The summed E-state index contributed by atoms with van der Waals surface area (Å²) in [6, 6.07) is 2.12. The Morgan fingerprint density at radius 3 is 2.80 bits per heavy atom. The lowest BCUT2D eigenvalue weighted by atomic mass is 10.0. The molecule has 1 unspecified atom stereocenters. The van der Waals surface area contributed by atoms with Crippen LogP contribution in [0.15, 0.2) is 60.4 Å². The molecule has 1 aliphatic rings. The molecule has 2 amide bonds. The molecule has 1 aromatic rings. The summed E-state index contributed by atoms with van der Waals surface area (Å²) in [5.74, 6) is -1.29. The summed E-state index contributed by atoms with van der Waals surface area (Å²) in [6.07, 6.45) is 6.08. The lowest BCUT2D eigenvalue weighted by Gasteiger charge is -2.30. The lowest BCUT2D eigenvalue weighted by Crippen LogP contribution is -2.45. The molecule has 1 aliphatic heterocycles. The summed E-state index contributed by atoms with van der Waals surface area (Å²) < 4.78 is 32.7. The van der Waals surface area contributed by atoms with Gasteiger partial charge in [-0.15, -0.1) is 0 Å². The molecule has 0 bridgehead atoms. The van der Waals surface area contributed by atoms with Gasteiger partial charge in [0, 0.05) is 19.2 Å². The molecule has 0 spiro atoms. The summed E-state index contributed by atoms with van der Waals surface area (Å²) in [6.45, 7) is 5.74. The molecule has 1 atom stereocenters. The zero-order valence-electron chi connectivity index (χ0n) is 16.8. The second-order valence-electron chi connectivity index (χ2n) is 6.62. The molecule has 8 heteroatoms. The standard InChI is InChI=1S/C22H24F2N2O4/c1-4-15(10-18(28)5-2)21-11-16(19-12-17(23)6-7-20(19)24)13-26(21)22(29)25(3)8-9-30-14-27/h4-7,10-12,14,21,28H,2,8-9,13H2,1,3H3/b15-4+,18-10+. The van der Waals surface area contributed by atoms with Crippen molar-refractivity contribution in [3.05, 3.63) is 77.6 Å². The Bertz CT molecular complexity index is 908. The third-order valence-corrected chi connectivity index (χ3v) is 4.69. The fourth-order valence-corrected chi connectivity index (χ4v) is 3.12. The number of benzene rings is 1. The van der Waals surface area contributed by atoms with E-state index in [1.54, 1.807) is 26.1 Å². The first kappa shape index (κ1) is 22.9. The normalized spacial score (nSPS) is 16.9. The third kappa shape index (κ3) is 5.34. The van der Waals surface area contributed by atoms with E-state index in [1.807, 2.05) is 0 Å². The molecule has 1 heterocycles. The molecule has 0 saturated carbocycles. The molecular weight excluding hydrogens is 394 g/mol. The Morgan fingerprint density at radius 2 is 2.17 bits per heavy atom. The number of ether oxygens (including phenoxy) is 1. The maximum absolute atomic E-state index is 14.3. The molecule has 2 rings (SSSR count). The highest BCUT2D eigenvalue weighted by molar-refractivity contribution is 5.82. The molecule has 0 saturated heterocycles. The molecule has 6 nitrogen and oxygen atoms in total. The number of nitrogens with zero attached hydrogens (tertiary/aromatic N) is 2. The van der Waals surface area contributed by atoms with Crippen LogP contribution >= 0.6 is 0 Å². The Morgan fingerprint density at radius 1 is 1.43 bits per heavy atom. The topological polar surface area (TPSA) is 70.1 Å². The molecule has 0 fully saturated rings. The van der Waals surface area contributed by atoms with Crippen LogP contribution in [0.5, 0.6) is 0 Å². The van der Waals surface area contributed by atoms with Crippen molar-refractivity contribution in [2.24, 2.45) is 0 Å². The van der Waals surface area contributed by atoms with Crippen LogP contribution in [0.3, 0.4) is 0 Å². The highest BCUT2D eigenvalue weighted by atomic mass is 19.1. The number of likely N-dealkylation sites (N-methyl/N-ethyl adjacent to an activating group) is 1. The van der Waals surface area contributed by atoms with E-state index in [4.69, 9.17) is 0 Å². The van der Waals surface area contributed by atoms with Crippen LogP contribution in [0.25, 0.3) is 5.57 Å². The predicted molar refractivity (Wildman–Crippen MR) is 110 cm³/mol. The van der Waals surface area contributed by atoms with Crippen LogP contribution in [0, 0.1) is 11.6 Å². The number of hydrogen-bond donors (Lipinski definition) is 1. The van der Waals surface area contributed by atoms with Gasteiger partial charge in [0.15, 0.2) is 0 Å². The summed E-state index contributed by atoms with van der Waals surface area (Å²) in [5.41, 5.74) is 1.08. The van der Waals surface area contributed by atoms with E-state index in [2.05, 4.69) is 11.3 Å². The van der Waals surface area contributed by atoms with Gasteiger partial charge in [0.2, 0.25) is 0 Å². The number of rotatable bonds is 8. The fraction of sp³-hybridized carbons (Fsp3) is 0.273. The Hall–Kier alpha value is -3.42. The van der Waals surface area contributed by atoms with Crippen LogP contribution in [0.1, 0.15) is 12.5 Å². The zero-order valence-corrected chi connectivity index (χ0v) is 16.8. The summed E-state index contributed by atoms with van der Waals surface area (Å²) >= 11 is 0. The SMILES string of the molecule is C=C/C(O)=C\C(=C/C)C1C=C(c2cc(F)ccc2F)CN1C(=O)N(C)CCOC=O. The van der Waals surface area contributed by atoms with Gasteiger partial charge in [0.05, 0.1) is 12.6 Å². The number of carbonyl (C=O) groups is 2. The summed E-state index contributed by atoms with van der Waals surface area (Å²) in [5, 5.41) is 9.87. The van der Waals surface area contributed by atoms with Crippen molar-refractivity contribution in [3.8, 4) is 0 Å². The first-order chi connectivity index (χ1) is 14.3. The van der Waals surface area contributed by atoms with Gasteiger partial charge in [0.25, 0.3) is 6.47 Å². The first-order valence-corrected chi connectivity index (χ1v) is 9.24. The van der Waals surface area contributed by atoms with Crippen molar-refractivity contribution >= 4 is 18.1 Å².